The van der Waals surface area contributed by atoms with Crippen molar-refractivity contribution in [3.8, 4) is 22.6 Å². The van der Waals surface area contributed by atoms with Crippen molar-refractivity contribution in [2.75, 3.05) is 69.7 Å². The molecule has 2 saturated carbocycles. The average Bonchev–Trinajstić information content (AvgIpc) is 4.04. The summed E-state index contributed by atoms with van der Waals surface area (Å²) in [5, 5.41) is 19.3. The van der Waals surface area contributed by atoms with E-state index in [2.05, 4.69) is 50.0 Å². The molecule has 62 heavy (non-hydrogen) atoms. The van der Waals surface area contributed by atoms with Crippen LogP contribution < -0.4 is 20.7 Å². The molecular formula is C50H61N5O7. The van der Waals surface area contributed by atoms with E-state index in [1.54, 1.807) is 6.07 Å². The van der Waals surface area contributed by atoms with Crippen LogP contribution in [-0.4, -0.2) is 104 Å². The number of phenols is 1. The lowest BCUT2D eigenvalue weighted by Crippen LogP contribution is -2.43. The average molecular weight is 844 g/mol. The van der Waals surface area contributed by atoms with E-state index in [1.165, 1.54) is 11.1 Å². The first-order valence-electron chi connectivity index (χ1n) is 22.6. The Kier molecular flexibility index (Phi) is 14.7. The van der Waals surface area contributed by atoms with Crippen molar-refractivity contribution in [1.29, 1.82) is 0 Å². The molecule has 8 rings (SSSR count). The minimum absolute atomic E-state index is 0.00458. The number of carbonyl (C=O) groups is 3. The highest BCUT2D eigenvalue weighted by atomic mass is 16.6. The molecule has 0 radical (unpaired) electrons. The fourth-order valence-corrected chi connectivity index (χ4v) is 9.88. The van der Waals surface area contributed by atoms with Gasteiger partial charge in [0, 0.05) is 44.3 Å². The highest BCUT2D eigenvalue weighted by molar-refractivity contribution is 5.97. The molecule has 2 heterocycles. The number of amides is 3. The molecule has 12 nitrogen and oxygen atoms in total. The highest BCUT2D eigenvalue weighted by Gasteiger charge is 2.42. The molecule has 1 saturated heterocycles. The van der Waals surface area contributed by atoms with E-state index in [4.69, 9.17) is 14.2 Å². The molecule has 1 unspecified atom stereocenters. The van der Waals surface area contributed by atoms with Crippen molar-refractivity contribution in [1.82, 2.24) is 15.1 Å². The number of fused-ring (bicyclic) bond motifs is 2. The fraction of sp³-hybridized carbons (Fsp3) is 0.460. The van der Waals surface area contributed by atoms with Gasteiger partial charge in [0.1, 0.15) is 17.5 Å². The number of benzene rings is 4. The van der Waals surface area contributed by atoms with Crippen LogP contribution in [0.5, 0.6) is 11.5 Å². The standard InChI is InChI=1S/C50H61N5O7/c56-45-18-17-38(49-48(45)53-46(57)34-61-49)19-23-51-24-26-55(41-13-4-5-14-41)47(58)22-28-60-27-21-36-10-8-9-35(29-36)20-25-54-32-39-30-42(31-40(39)33-54)62-50(59)52-44-16-7-6-15-43(44)37-11-2-1-3-12-37/h1-3,6-12,15-18,29,39-42,51,56H,4-5,13-14,19-28,30-34H2,(H,52,59)(H,53,57)/t39-,40+,42?. The molecule has 4 aromatic carbocycles. The Morgan fingerprint density at radius 1 is 0.855 bits per heavy atom. The number of rotatable bonds is 19. The van der Waals surface area contributed by atoms with Crippen molar-refractivity contribution in [2.45, 2.75) is 76.4 Å². The lowest BCUT2D eigenvalue weighted by molar-refractivity contribution is -0.134. The second-order valence-electron chi connectivity index (χ2n) is 17.3. The van der Waals surface area contributed by atoms with E-state index in [1.807, 2.05) is 60.7 Å². The van der Waals surface area contributed by atoms with Crippen LogP contribution in [0.4, 0.5) is 16.2 Å². The first-order valence-corrected chi connectivity index (χ1v) is 22.6. The van der Waals surface area contributed by atoms with E-state index in [-0.39, 0.29) is 42.4 Å². The summed E-state index contributed by atoms with van der Waals surface area (Å²) in [7, 11) is 0. The number of carbonyl (C=O) groups excluding carboxylic acids is 3. The number of phenolic OH excluding ortho intramolecular Hbond substituents is 1. The molecule has 328 valence electrons. The fourth-order valence-electron chi connectivity index (χ4n) is 9.88. The first-order chi connectivity index (χ1) is 30.4. The lowest BCUT2D eigenvalue weighted by Gasteiger charge is -2.29. The summed E-state index contributed by atoms with van der Waals surface area (Å²) < 4.78 is 17.6. The van der Waals surface area contributed by atoms with Crippen LogP contribution >= 0.6 is 0 Å². The first kappa shape index (κ1) is 43.2. The zero-order chi connectivity index (χ0) is 42.7. The van der Waals surface area contributed by atoms with Gasteiger partial charge in [-0.15, -0.1) is 0 Å². The summed E-state index contributed by atoms with van der Waals surface area (Å²) in [5.41, 5.74) is 6.61. The Bertz CT molecular complexity index is 2130. The van der Waals surface area contributed by atoms with Crippen molar-refractivity contribution in [2.24, 2.45) is 11.8 Å². The zero-order valence-electron chi connectivity index (χ0n) is 35.7. The van der Waals surface area contributed by atoms with Gasteiger partial charge < -0.3 is 39.8 Å². The summed E-state index contributed by atoms with van der Waals surface area (Å²) in [6.45, 7) is 6.03. The molecule has 3 atom stereocenters. The van der Waals surface area contributed by atoms with E-state index < -0.39 is 0 Å². The third-order valence-corrected chi connectivity index (χ3v) is 13.0. The van der Waals surface area contributed by atoms with E-state index in [0.29, 0.717) is 69.0 Å². The van der Waals surface area contributed by atoms with Gasteiger partial charge in [0.05, 0.1) is 25.3 Å². The second kappa shape index (κ2) is 21.1. The van der Waals surface area contributed by atoms with Gasteiger partial charge in [-0.05, 0) is 97.7 Å². The predicted octanol–water partition coefficient (Wildman–Crippen LogP) is 7.44. The lowest BCUT2D eigenvalue weighted by atomic mass is 10.0. The predicted molar refractivity (Wildman–Crippen MR) is 240 cm³/mol. The highest BCUT2D eigenvalue weighted by Crippen LogP contribution is 2.41. The number of nitrogens with one attached hydrogen (secondary N) is 3. The SMILES string of the molecule is O=C1COc2c(CCNCCN(C(=O)CCOCCc3cccc(CCN4C[C@H]5CC(OC(=O)Nc6ccccc6-c6ccccc6)C[C@H]5C4)c3)C3CCCC3)ccc(O)c2N1. The Morgan fingerprint density at radius 2 is 1.61 bits per heavy atom. The Hall–Kier alpha value is -5.43. The van der Waals surface area contributed by atoms with Gasteiger partial charge in [-0.25, -0.2) is 4.79 Å². The van der Waals surface area contributed by atoms with Gasteiger partial charge >= 0.3 is 6.09 Å². The van der Waals surface area contributed by atoms with Crippen LogP contribution in [0, 0.1) is 11.8 Å². The van der Waals surface area contributed by atoms with Gasteiger partial charge in [-0.3, -0.25) is 14.9 Å². The van der Waals surface area contributed by atoms with Crippen molar-refractivity contribution < 1.29 is 33.7 Å². The molecule has 3 amide bonds. The van der Waals surface area contributed by atoms with Crippen LogP contribution in [-0.2, 0) is 38.3 Å². The number of anilines is 2. The van der Waals surface area contributed by atoms with Crippen molar-refractivity contribution >= 4 is 29.3 Å². The molecule has 2 aliphatic carbocycles. The van der Waals surface area contributed by atoms with Crippen LogP contribution in [0.25, 0.3) is 11.1 Å². The second-order valence-corrected chi connectivity index (χ2v) is 17.3. The van der Waals surface area contributed by atoms with E-state index >= 15 is 0 Å². The quantitative estimate of drug-likeness (QED) is 0.0560. The molecule has 0 bridgehead atoms. The number of likely N-dealkylation sites (tertiary alicyclic amines) is 1. The Balaban J connectivity index is 0.707. The summed E-state index contributed by atoms with van der Waals surface area (Å²) >= 11 is 0. The van der Waals surface area contributed by atoms with Gasteiger partial charge in [0.15, 0.2) is 12.4 Å². The minimum atomic E-state index is -0.380. The Labute approximate surface area is 365 Å². The summed E-state index contributed by atoms with van der Waals surface area (Å²) in [5.74, 6) is 1.50. The largest absolute Gasteiger partial charge is 0.506 e. The van der Waals surface area contributed by atoms with Gasteiger partial charge in [0.2, 0.25) is 5.91 Å². The molecule has 0 aromatic heterocycles. The zero-order valence-corrected chi connectivity index (χ0v) is 35.7. The van der Waals surface area contributed by atoms with Crippen LogP contribution in [0.2, 0.25) is 0 Å². The number of hydrogen-bond donors (Lipinski definition) is 4. The molecule has 4 N–H and O–H groups in total. The van der Waals surface area contributed by atoms with Gasteiger partial charge in [0.25, 0.3) is 5.91 Å². The maximum Gasteiger partial charge on any atom is 0.411 e. The number of para-hydroxylation sites is 1. The molecule has 4 aromatic rings. The third-order valence-electron chi connectivity index (χ3n) is 13.0. The maximum absolute atomic E-state index is 13.4. The van der Waals surface area contributed by atoms with Gasteiger partial charge in [-0.1, -0.05) is 91.7 Å². The summed E-state index contributed by atoms with van der Waals surface area (Å²) in [6.07, 6.45) is 8.65. The molecular weight excluding hydrogens is 783 g/mol. The van der Waals surface area contributed by atoms with Crippen molar-refractivity contribution in [3.63, 3.8) is 0 Å². The molecule has 0 spiro atoms. The maximum atomic E-state index is 13.4. The van der Waals surface area contributed by atoms with Crippen LogP contribution in [0.1, 0.15) is 61.6 Å². The molecule has 2 aliphatic heterocycles. The third kappa shape index (κ3) is 11.3. The number of hydrogen-bond acceptors (Lipinski definition) is 9. The van der Waals surface area contributed by atoms with Crippen LogP contribution in [0.15, 0.2) is 91.0 Å². The molecule has 4 aliphatic rings. The summed E-state index contributed by atoms with van der Waals surface area (Å²) in [4.78, 5) is 42.8. The summed E-state index contributed by atoms with van der Waals surface area (Å²) in [6, 6.07) is 30.4. The number of aromatic hydroxyl groups is 1. The minimum Gasteiger partial charge on any atom is -0.506 e. The molecule has 3 fully saturated rings. The van der Waals surface area contributed by atoms with Crippen molar-refractivity contribution in [3.05, 3.63) is 108 Å². The normalized spacial score (nSPS) is 19.7. The van der Waals surface area contributed by atoms with Crippen LogP contribution in [0.3, 0.4) is 0 Å². The monoisotopic (exact) mass is 843 g/mol. The topological polar surface area (TPSA) is 142 Å². The van der Waals surface area contributed by atoms with Gasteiger partial charge in [-0.2, -0.15) is 0 Å². The number of ether oxygens (including phenoxy) is 3. The molecule has 12 heteroatoms. The number of nitrogens with zero attached hydrogens (tertiary/aromatic N) is 2. The Morgan fingerprint density at radius 3 is 2.42 bits per heavy atom. The van der Waals surface area contributed by atoms with E-state index in [9.17, 15) is 19.5 Å². The van der Waals surface area contributed by atoms with E-state index in [0.717, 1.165) is 93.4 Å². The smallest absolute Gasteiger partial charge is 0.411 e.